The molecule has 0 saturated carbocycles. The van der Waals surface area contributed by atoms with Crippen molar-refractivity contribution in [2.75, 3.05) is 33.9 Å². The van der Waals surface area contributed by atoms with Crippen LogP contribution in [-0.4, -0.2) is 45.9 Å². The summed E-state index contributed by atoms with van der Waals surface area (Å²) in [6.45, 7) is 7.36. The summed E-state index contributed by atoms with van der Waals surface area (Å²) < 4.78 is 16.0. The molecule has 1 unspecified atom stereocenters. The number of benzene rings is 1. The van der Waals surface area contributed by atoms with E-state index in [0.717, 1.165) is 5.56 Å². The number of carbonyl (C=O) groups excluding carboxylic acids is 1. The summed E-state index contributed by atoms with van der Waals surface area (Å²) in [6.07, 6.45) is 0.0741. The summed E-state index contributed by atoms with van der Waals surface area (Å²) in [4.78, 5) is 11.9. The van der Waals surface area contributed by atoms with Crippen molar-refractivity contribution in [3.05, 3.63) is 23.8 Å². The maximum Gasteiger partial charge on any atom is 0.234 e. The van der Waals surface area contributed by atoms with Crippen LogP contribution in [0.15, 0.2) is 18.2 Å². The second-order valence-corrected chi connectivity index (χ2v) is 5.54. The first-order chi connectivity index (χ1) is 11.0. The van der Waals surface area contributed by atoms with Crippen molar-refractivity contribution in [2.45, 2.75) is 32.9 Å². The lowest BCUT2D eigenvalue weighted by Crippen LogP contribution is -2.36. The Bertz CT molecular complexity index is 491. The van der Waals surface area contributed by atoms with Gasteiger partial charge in [0.1, 0.15) is 0 Å². The molecule has 130 valence electrons. The van der Waals surface area contributed by atoms with Gasteiger partial charge < -0.3 is 24.8 Å². The molecule has 1 rings (SSSR count). The quantitative estimate of drug-likeness (QED) is 0.643. The predicted octanol–water partition coefficient (Wildman–Crippen LogP) is 1.90. The molecule has 23 heavy (non-hydrogen) atoms. The number of methoxy groups -OCH3 is 2. The van der Waals surface area contributed by atoms with Gasteiger partial charge >= 0.3 is 0 Å². The van der Waals surface area contributed by atoms with Crippen LogP contribution in [0.2, 0.25) is 0 Å². The smallest absolute Gasteiger partial charge is 0.234 e. The van der Waals surface area contributed by atoms with E-state index in [1.807, 2.05) is 39.0 Å². The van der Waals surface area contributed by atoms with Gasteiger partial charge in [-0.3, -0.25) is 4.79 Å². The van der Waals surface area contributed by atoms with Gasteiger partial charge in [-0.1, -0.05) is 6.07 Å². The lowest BCUT2D eigenvalue weighted by molar-refractivity contribution is -0.120. The van der Waals surface area contributed by atoms with E-state index in [1.165, 1.54) is 0 Å². The first-order valence-corrected chi connectivity index (χ1v) is 7.81. The largest absolute Gasteiger partial charge is 0.493 e. The number of nitrogens with one attached hydrogen (secondary N) is 2. The third kappa shape index (κ3) is 6.88. The zero-order chi connectivity index (χ0) is 17.2. The molecule has 0 aliphatic carbocycles. The highest BCUT2D eigenvalue weighted by molar-refractivity contribution is 5.78. The molecular formula is C17H28N2O4. The molecule has 0 saturated heterocycles. The van der Waals surface area contributed by atoms with Crippen LogP contribution in [0.5, 0.6) is 11.5 Å². The minimum Gasteiger partial charge on any atom is -0.493 e. The Morgan fingerprint density at radius 1 is 1.17 bits per heavy atom. The molecule has 2 N–H and O–H groups in total. The highest BCUT2D eigenvalue weighted by Gasteiger charge is 2.13. The van der Waals surface area contributed by atoms with Crippen LogP contribution in [0, 0.1) is 0 Å². The van der Waals surface area contributed by atoms with Gasteiger partial charge in [0.25, 0.3) is 0 Å². The Morgan fingerprint density at radius 2 is 1.91 bits per heavy atom. The molecule has 0 aliphatic heterocycles. The van der Waals surface area contributed by atoms with Gasteiger partial charge in [-0.25, -0.2) is 0 Å². The average molecular weight is 324 g/mol. The van der Waals surface area contributed by atoms with Crippen LogP contribution in [-0.2, 0) is 9.53 Å². The van der Waals surface area contributed by atoms with E-state index in [0.29, 0.717) is 24.7 Å². The third-order valence-corrected chi connectivity index (χ3v) is 3.20. The van der Waals surface area contributed by atoms with Crippen molar-refractivity contribution in [1.82, 2.24) is 10.6 Å². The molecule has 0 fully saturated rings. The topological polar surface area (TPSA) is 68.8 Å². The Balaban J connectivity index is 2.61. The molecule has 1 atom stereocenters. The molecular weight excluding hydrogens is 296 g/mol. The van der Waals surface area contributed by atoms with Crippen LogP contribution < -0.4 is 20.1 Å². The van der Waals surface area contributed by atoms with Crippen molar-refractivity contribution in [3.8, 4) is 11.5 Å². The fraction of sp³-hybridized carbons (Fsp3) is 0.588. The summed E-state index contributed by atoms with van der Waals surface area (Å²) in [5.41, 5.74) is 0.961. The monoisotopic (exact) mass is 324 g/mol. The summed E-state index contributed by atoms with van der Waals surface area (Å²) in [5, 5.41) is 5.96. The second-order valence-electron chi connectivity index (χ2n) is 5.54. The van der Waals surface area contributed by atoms with E-state index in [2.05, 4.69) is 10.6 Å². The number of ether oxygens (including phenoxy) is 3. The number of hydrogen-bond donors (Lipinski definition) is 2. The highest BCUT2D eigenvalue weighted by Crippen LogP contribution is 2.31. The Hall–Kier alpha value is -1.79. The molecule has 6 heteroatoms. The van der Waals surface area contributed by atoms with Gasteiger partial charge in [0, 0.05) is 13.7 Å². The normalized spacial score (nSPS) is 12.1. The molecule has 0 radical (unpaired) electrons. The van der Waals surface area contributed by atoms with E-state index >= 15 is 0 Å². The molecule has 0 aromatic heterocycles. The van der Waals surface area contributed by atoms with Crippen LogP contribution >= 0.6 is 0 Å². The number of rotatable bonds is 10. The zero-order valence-corrected chi connectivity index (χ0v) is 14.6. The van der Waals surface area contributed by atoms with Crippen molar-refractivity contribution >= 4 is 5.91 Å². The highest BCUT2D eigenvalue weighted by atomic mass is 16.5. The Labute approximate surface area is 138 Å². The van der Waals surface area contributed by atoms with Gasteiger partial charge in [-0.15, -0.1) is 0 Å². The Kier molecular flexibility index (Phi) is 8.43. The van der Waals surface area contributed by atoms with Gasteiger partial charge in [0.05, 0.1) is 32.4 Å². The van der Waals surface area contributed by atoms with Crippen LogP contribution in [0.4, 0.5) is 0 Å². The minimum atomic E-state index is -0.117. The first kappa shape index (κ1) is 19.3. The van der Waals surface area contributed by atoms with E-state index < -0.39 is 0 Å². The summed E-state index contributed by atoms with van der Waals surface area (Å²) in [5.74, 6) is 1.30. The standard InChI is InChI=1S/C17H28N2O4/c1-12(2)23-15-7-6-14(10-16(15)22-5)13(3)19-17(20)11-18-8-9-21-4/h6-7,10,12-13,18H,8-9,11H2,1-5H3,(H,19,20). The van der Waals surface area contributed by atoms with Crippen LogP contribution in [0.1, 0.15) is 32.4 Å². The van der Waals surface area contributed by atoms with Gasteiger partial charge in [0.15, 0.2) is 11.5 Å². The fourth-order valence-corrected chi connectivity index (χ4v) is 2.06. The van der Waals surface area contributed by atoms with Gasteiger partial charge in [-0.2, -0.15) is 0 Å². The Morgan fingerprint density at radius 3 is 2.52 bits per heavy atom. The number of hydrogen-bond acceptors (Lipinski definition) is 5. The van der Waals surface area contributed by atoms with Gasteiger partial charge in [-0.05, 0) is 38.5 Å². The van der Waals surface area contributed by atoms with E-state index in [1.54, 1.807) is 14.2 Å². The van der Waals surface area contributed by atoms with E-state index in [-0.39, 0.29) is 24.6 Å². The van der Waals surface area contributed by atoms with Crippen molar-refractivity contribution < 1.29 is 19.0 Å². The first-order valence-electron chi connectivity index (χ1n) is 7.81. The SMILES string of the molecule is COCCNCC(=O)NC(C)c1ccc(OC(C)C)c(OC)c1. The van der Waals surface area contributed by atoms with Crippen molar-refractivity contribution in [2.24, 2.45) is 0 Å². The van der Waals surface area contributed by atoms with Crippen molar-refractivity contribution in [1.29, 1.82) is 0 Å². The van der Waals surface area contributed by atoms with Crippen LogP contribution in [0.25, 0.3) is 0 Å². The lowest BCUT2D eigenvalue weighted by atomic mass is 10.1. The maximum absolute atomic E-state index is 11.9. The molecule has 0 aliphatic rings. The van der Waals surface area contributed by atoms with E-state index in [4.69, 9.17) is 14.2 Å². The summed E-state index contributed by atoms with van der Waals surface area (Å²) in [6, 6.07) is 5.58. The molecule has 1 amide bonds. The average Bonchev–Trinajstić information content (AvgIpc) is 2.51. The molecule has 1 aromatic carbocycles. The third-order valence-electron chi connectivity index (χ3n) is 3.20. The molecule has 1 aromatic rings. The summed E-state index contributed by atoms with van der Waals surface area (Å²) >= 11 is 0. The fourth-order valence-electron chi connectivity index (χ4n) is 2.06. The van der Waals surface area contributed by atoms with Gasteiger partial charge in [0.2, 0.25) is 5.91 Å². The second kappa shape index (κ2) is 10.1. The lowest BCUT2D eigenvalue weighted by Gasteiger charge is -2.18. The molecule has 0 spiro atoms. The zero-order valence-electron chi connectivity index (χ0n) is 14.6. The summed E-state index contributed by atoms with van der Waals surface area (Å²) in [7, 11) is 3.24. The van der Waals surface area contributed by atoms with Crippen molar-refractivity contribution in [3.63, 3.8) is 0 Å². The molecule has 6 nitrogen and oxygen atoms in total. The number of carbonyl (C=O) groups is 1. The van der Waals surface area contributed by atoms with E-state index in [9.17, 15) is 4.79 Å². The molecule has 0 heterocycles. The van der Waals surface area contributed by atoms with Crippen LogP contribution in [0.3, 0.4) is 0 Å². The maximum atomic E-state index is 11.9. The minimum absolute atomic E-state index is 0.0601. The molecule has 0 bridgehead atoms. The number of amides is 1. The predicted molar refractivity (Wildman–Crippen MR) is 90.1 cm³/mol.